The van der Waals surface area contributed by atoms with Gasteiger partial charge in [0.05, 0.1) is 4.90 Å². The van der Waals surface area contributed by atoms with Gasteiger partial charge in [-0.2, -0.15) is 13.2 Å². The molecule has 0 aromatic heterocycles. The smallest absolute Gasteiger partial charge is 0.334 e. The number of likely N-dealkylation sites (tertiary alicyclic amines) is 1. The van der Waals surface area contributed by atoms with E-state index in [9.17, 15) is 26.4 Å². The van der Waals surface area contributed by atoms with Crippen LogP contribution in [0.4, 0.5) is 13.2 Å². The summed E-state index contributed by atoms with van der Waals surface area (Å²) >= 11 is 0. The third-order valence-electron chi connectivity index (χ3n) is 4.33. The normalized spacial score (nSPS) is 22.5. The zero-order chi connectivity index (χ0) is 18.1. The molecule has 2 rings (SSSR count). The van der Waals surface area contributed by atoms with Crippen molar-refractivity contribution in [1.29, 1.82) is 0 Å². The summed E-state index contributed by atoms with van der Waals surface area (Å²) < 4.78 is 60.3. The van der Waals surface area contributed by atoms with Gasteiger partial charge in [-0.25, -0.2) is 8.42 Å². The van der Waals surface area contributed by atoms with Crippen LogP contribution in [0.15, 0.2) is 29.2 Å². The van der Waals surface area contributed by atoms with Gasteiger partial charge in [0, 0.05) is 24.7 Å². The van der Waals surface area contributed by atoms with E-state index < -0.39 is 20.2 Å². The Kier molecular flexibility index (Phi) is 5.24. The molecule has 1 aliphatic heterocycles. The molecule has 24 heavy (non-hydrogen) atoms. The molecule has 1 aromatic rings. The van der Waals surface area contributed by atoms with Crippen molar-refractivity contribution in [2.75, 3.05) is 13.1 Å². The molecular weight excluding hydrogens is 345 g/mol. The molecule has 0 bridgehead atoms. The number of sulfone groups is 1. The van der Waals surface area contributed by atoms with Crippen LogP contribution < -0.4 is 5.73 Å². The molecule has 9 heteroatoms. The number of benzene rings is 1. The van der Waals surface area contributed by atoms with Gasteiger partial charge >= 0.3 is 5.51 Å². The molecule has 0 unspecified atom stereocenters. The number of halogens is 3. The highest BCUT2D eigenvalue weighted by Crippen LogP contribution is 2.30. The Labute approximate surface area is 138 Å². The first-order chi connectivity index (χ1) is 11.1. The van der Waals surface area contributed by atoms with Crippen molar-refractivity contribution in [1.82, 2.24) is 4.90 Å². The Hall–Kier alpha value is -1.61. The van der Waals surface area contributed by atoms with Crippen molar-refractivity contribution in [3.05, 3.63) is 29.8 Å². The van der Waals surface area contributed by atoms with Crippen molar-refractivity contribution < 1.29 is 26.4 Å². The van der Waals surface area contributed by atoms with Gasteiger partial charge in [-0.3, -0.25) is 4.79 Å². The predicted octanol–water partition coefficient (Wildman–Crippen LogP) is 2.18. The summed E-state index contributed by atoms with van der Waals surface area (Å²) in [6.45, 7) is 2.82. The molecule has 2 atom stereocenters. The van der Waals surface area contributed by atoms with E-state index in [-0.39, 0.29) is 23.4 Å². The summed E-state index contributed by atoms with van der Waals surface area (Å²) in [7, 11) is -5.41. The number of alkyl halides is 3. The van der Waals surface area contributed by atoms with Gasteiger partial charge < -0.3 is 10.6 Å². The van der Waals surface area contributed by atoms with Crippen LogP contribution in [0.25, 0.3) is 0 Å². The fraction of sp³-hybridized carbons (Fsp3) is 0.533. The second-order valence-corrected chi connectivity index (χ2v) is 7.84. The number of carbonyl (C=O) groups excluding carboxylic acids is 1. The average Bonchev–Trinajstić information content (AvgIpc) is 2.53. The minimum atomic E-state index is -5.41. The van der Waals surface area contributed by atoms with Crippen LogP contribution in [0.1, 0.15) is 30.1 Å². The highest BCUT2D eigenvalue weighted by Gasteiger charge is 2.46. The lowest BCUT2D eigenvalue weighted by Crippen LogP contribution is -2.51. The molecular formula is C15H19F3N2O3S. The summed E-state index contributed by atoms with van der Waals surface area (Å²) in [6, 6.07) is 3.69. The first kappa shape index (κ1) is 18.7. The number of hydrogen-bond donors (Lipinski definition) is 1. The van der Waals surface area contributed by atoms with Gasteiger partial charge in [-0.15, -0.1) is 0 Å². The Morgan fingerprint density at radius 3 is 2.38 bits per heavy atom. The number of carbonyl (C=O) groups is 1. The molecule has 1 fully saturated rings. The summed E-state index contributed by atoms with van der Waals surface area (Å²) in [6.07, 6.45) is 1.78. The highest BCUT2D eigenvalue weighted by atomic mass is 32.2. The molecule has 0 saturated carbocycles. The summed E-state index contributed by atoms with van der Waals surface area (Å²) in [5.41, 5.74) is 0.504. The standard InChI is InChI=1S/C15H19F3N2O3S/c1-10-3-2-8-20(13(10)9-19)14(21)11-4-6-12(7-5-11)24(22,23)15(16,17)18/h4-7,10,13H,2-3,8-9,19H2,1H3/t10-,13+/m0/s1. The van der Waals surface area contributed by atoms with Crippen LogP contribution in [0.3, 0.4) is 0 Å². The lowest BCUT2D eigenvalue weighted by atomic mass is 9.90. The van der Waals surface area contributed by atoms with Crippen LogP contribution >= 0.6 is 0 Å². The molecule has 0 spiro atoms. The van der Waals surface area contributed by atoms with Crippen LogP contribution in [0.5, 0.6) is 0 Å². The van der Waals surface area contributed by atoms with Crippen molar-refractivity contribution in [2.24, 2.45) is 11.7 Å². The Morgan fingerprint density at radius 1 is 1.29 bits per heavy atom. The number of hydrogen-bond acceptors (Lipinski definition) is 4. The van der Waals surface area contributed by atoms with Crippen LogP contribution in [0, 0.1) is 5.92 Å². The molecule has 1 heterocycles. The van der Waals surface area contributed by atoms with Crippen molar-refractivity contribution in [3.8, 4) is 0 Å². The number of nitrogens with two attached hydrogens (primary N) is 1. The Bertz CT molecular complexity index is 702. The topological polar surface area (TPSA) is 80.5 Å². The highest BCUT2D eigenvalue weighted by molar-refractivity contribution is 7.92. The maximum absolute atomic E-state index is 12.6. The van der Waals surface area contributed by atoms with E-state index in [2.05, 4.69) is 0 Å². The van der Waals surface area contributed by atoms with Gasteiger partial charge in [-0.1, -0.05) is 6.92 Å². The van der Waals surface area contributed by atoms with Crippen LogP contribution in [-0.4, -0.2) is 43.9 Å². The van der Waals surface area contributed by atoms with Crippen LogP contribution in [0.2, 0.25) is 0 Å². The summed E-state index contributed by atoms with van der Waals surface area (Å²) in [4.78, 5) is 13.3. The molecule has 1 saturated heterocycles. The van der Waals surface area contributed by atoms with Gasteiger partial charge in [0.25, 0.3) is 15.7 Å². The van der Waals surface area contributed by atoms with E-state index >= 15 is 0 Å². The van der Waals surface area contributed by atoms with Crippen LogP contribution in [-0.2, 0) is 9.84 Å². The SMILES string of the molecule is C[C@H]1CCCN(C(=O)c2ccc(S(=O)(=O)C(F)(F)F)cc2)[C@@H]1CN. The molecule has 2 N–H and O–H groups in total. The molecule has 5 nitrogen and oxygen atoms in total. The maximum atomic E-state index is 12.6. The molecule has 0 radical (unpaired) electrons. The Morgan fingerprint density at radius 2 is 1.88 bits per heavy atom. The first-order valence-corrected chi connectivity index (χ1v) is 9.00. The van der Waals surface area contributed by atoms with Gasteiger partial charge in [-0.05, 0) is 43.0 Å². The average molecular weight is 364 g/mol. The van der Waals surface area contributed by atoms with E-state index in [1.807, 2.05) is 6.92 Å². The molecule has 1 aliphatic rings. The minimum absolute atomic E-state index is 0.134. The van der Waals surface area contributed by atoms with E-state index in [1.54, 1.807) is 4.90 Å². The summed E-state index contributed by atoms with van der Waals surface area (Å²) in [5, 5.41) is 0. The predicted molar refractivity (Wildman–Crippen MR) is 82.0 cm³/mol. The maximum Gasteiger partial charge on any atom is 0.501 e. The molecule has 1 amide bonds. The Balaban J connectivity index is 2.26. The lowest BCUT2D eigenvalue weighted by molar-refractivity contribution is -0.0436. The number of piperidine rings is 1. The third kappa shape index (κ3) is 3.41. The zero-order valence-electron chi connectivity index (χ0n) is 13.1. The molecule has 0 aliphatic carbocycles. The summed E-state index contributed by atoms with van der Waals surface area (Å²) in [5.74, 6) is -0.120. The van der Waals surface area contributed by atoms with E-state index in [0.717, 1.165) is 37.1 Å². The zero-order valence-corrected chi connectivity index (χ0v) is 13.9. The van der Waals surface area contributed by atoms with Gasteiger partial charge in [0.1, 0.15) is 0 Å². The van der Waals surface area contributed by atoms with Crippen molar-refractivity contribution >= 4 is 15.7 Å². The van der Waals surface area contributed by atoms with Gasteiger partial charge in [0.2, 0.25) is 0 Å². The first-order valence-electron chi connectivity index (χ1n) is 7.52. The lowest BCUT2D eigenvalue weighted by Gasteiger charge is -2.39. The number of amides is 1. The minimum Gasteiger partial charge on any atom is -0.334 e. The monoisotopic (exact) mass is 364 g/mol. The second kappa shape index (κ2) is 6.72. The quantitative estimate of drug-likeness (QED) is 0.891. The number of rotatable bonds is 3. The second-order valence-electron chi connectivity index (χ2n) is 5.89. The van der Waals surface area contributed by atoms with E-state index in [4.69, 9.17) is 5.73 Å². The molecule has 1 aromatic carbocycles. The van der Waals surface area contributed by atoms with Crippen molar-refractivity contribution in [3.63, 3.8) is 0 Å². The fourth-order valence-electron chi connectivity index (χ4n) is 2.94. The van der Waals surface area contributed by atoms with Crippen molar-refractivity contribution in [2.45, 2.75) is 36.2 Å². The van der Waals surface area contributed by atoms with E-state index in [1.165, 1.54) is 0 Å². The largest absolute Gasteiger partial charge is 0.501 e. The third-order valence-corrected chi connectivity index (χ3v) is 5.84. The van der Waals surface area contributed by atoms with Gasteiger partial charge in [0.15, 0.2) is 0 Å². The van der Waals surface area contributed by atoms with E-state index in [0.29, 0.717) is 13.1 Å². The fourth-order valence-corrected chi connectivity index (χ4v) is 3.70. The number of nitrogens with zero attached hydrogens (tertiary/aromatic N) is 1. The molecule has 134 valence electrons.